The smallest absolute Gasteiger partial charge is 0.128 e. The van der Waals surface area contributed by atoms with Crippen molar-refractivity contribution in [1.29, 1.82) is 0 Å². The molecule has 1 N–H and O–H groups in total. The Kier molecular flexibility index (Phi) is 4.06. The molecule has 3 nitrogen and oxygen atoms in total. The van der Waals surface area contributed by atoms with Crippen LogP contribution in [0.1, 0.15) is 36.7 Å². The van der Waals surface area contributed by atoms with Gasteiger partial charge in [0.15, 0.2) is 0 Å². The maximum atomic E-state index is 13.9. The molecule has 0 saturated carbocycles. The number of rotatable bonds is 4. The van der Waals surface area contributed by atoms with Gasteiger partial charge in [0.05, 0.1) is 17.4 Å². The molecule has 1 unspecified atom stereocenters. The van der Waals surface area contributed by atoms with Crippen molar-refractivity contribution in [3.63, 3.8) is 0 Å². The van der Waals surface area contributed by atoms with E-state index in [-0.39, 0.29) is 6.04 Å². The predicted molar refractivity (Wildman–Crippen MR) is 75.7 cm³/mol. The highest BCUT2D eigenvalue weighted by Crippen LogP contribution is 2.25. The van der Waals surface area contributed by atoms with Crippen LogP contribution in [0.15, 0.2) is 18.3 Å². The Morgan fingerprint density at radius 3 is 2.65 bits per heavy atom. The van der Waals surface area contributed by atoms with Crippen LogP contribution in [0.5, 0.6) is 0 Å². The molecule has 0 aliphatic heterocycles. The van der Waals surface area contributed by atoms with Gasteiger partial charge in [-0.25, -0.2) is 8.78 Å². The molecule has 108 valence electrons. The lowest BCUT2D eigenvalue weighted by Gasteiger charge is -2.16. The van der Waals surface area contributed by atoms with E-state index < -0.39 is 11.6 Å². The van der Waals surface area contributed by atoms with E-state index in [0.717, 1.165) is 17.8 Å². The average molecular weight is 279 g/mol. The third-order valence-electron chi connectivity index (χ3n) is 3.36. The van der Waals surface area contributed by atoms with E-state index in [0.29, 0.717) is 11.1 Å². The number of aromatic nitrogens is 2. The molecule has 1 aromatic heterocycles. The van der Waals surface area contributed by atoms with Crippen LogP contribution >= 0.6 is 0 Å². The van der Waals surface area contributed by atoms with Gasteiger partial charge in [0.25, 0.3) is 0 Å². The van der Waals surface area contributed by atoms with Crippen molar-refractivity contribution in [2.45, 2.75) is 33.2 Å². The quantitative estimate of drug-likeness (QED) is 0.924. The summed E-state index contributed by atoms with van der Waals surface area (Å²) >= 11 is 0. The van der Waals surface area contributed by atoms with E-state index in [4.69, 9.17) is 0 Å². The van der Waals surface area contributed by atoms with Crippen LogP contribution in [0.3, 0.4) is 0 Å². The molecule has 2 aromatic rings. The molecule has 1 heterocycles. The first-order valence-electron chi connectivity index (χ1n) is 6.67. The zero-order valence-electron chi connectivity index (χ0n) is 12.2. The summed E-state index contributed by atoms with van der Waals surface area (Å²) in [7, 11) is 1.83. The predicted octanol–water partition coefficient (Wildman–Crippen LogP) is 3.74. The fourth-order valence-electron chi connectivity index (χ4n) is 2.22. The van der Waals surface area contributed by atoms with Crippen LogP contribution in [0, 0.1) is 18.6 Å². The highest BCUT2D eigenvalue weighted by Gasteiger charge is 2.16. The van der Waals surface area contributed by atoms with Crippen molar-refractivity contribution >= 4 is 5.69 Å². The largest absolute Gasteiger partial charge is 0.376 e. The fourth-order valence-corrected chi connectivity index (χ4v) is 2.22. The molecule has 0 bridgehead atoms. The molecule has 0 fully saturated rings. The first-order chi connectivity index (χ1) is 9.42. The first-order valence-corrected chi connectivity index (χ1v) is 6.67. The summed E-state index contributed by atoms with van der Waals surface area (Å²) in [6.07, 6.45) is 2.62. The van der Waals surface area contributed by atoms with E-state index in [2.05, 4.69) is 10.4 Å². The normalized spacial score (nSPS) is 12.5. The number of hydrogen-bond donors (Lipinski definition) is 1. The molecule has 5 heteroatoms. The Labute approximate surface area is 117 Å². The Morgan fingerprint density at radius 1 is 1.30 bits per heavy atom. The Bertz CT molecular complexity index is 620. The Hall–Kier alpha value is -1.91. The lowest BCUT2D eigenvalue weighted by molar-refractivity contribution is 0.571. The van der Waals surface area contributed by atoms with Crippen LogP contribution < -0.4 is 5.32 Å². The van der Waals surface area contributed by atoms with Crippen molar-refractivity contribution in [2.24, 2.45) is 7.05 Å². The van der Waals surface area contributed by atoms with Gasteiger partial charge in [0, 0.05) is 18.8 Å². The topological polar surface area (TPSA) is 29.9 Å². The minimum absolute atomic E-state index is 0.314. The fraction of sp³-hybridized carbons (Fsp3) is 0.400. The van der Waals surface area contributed by atoms with Gasteiger partial charge in [-0.3, -0.25) is 4.68 Å². The minimum Gasteiger partial charge on any atom is -0.376 e. The zero-order valence-corrected chi connectivity index (χ0v) is 12.2. The van der Waals surface area contributed by atoms with Crippen LogP contribution in [0.25, 0.3) is 0 Å². The minimum atomic E-state index is -0.397. The van der Waals surface area contributed by atoms with Crippen molar-refractivity contribution in [2.75, 3.05) is 5.32 Å². The lowest BCUT2D eigenvalue weighted by Crippen LogP contribution is -2.10. The van der Waals surface area contributed by atoms with Crippen LogP contribution in [-0.4, -0.2) is 9.78 Å². The molecule has 0 saturated heterocycles. The Morgan fingerprint density at radius 2 is 2.00 bits per heavy atom. The standard InChI is InChI=1S/C15H19F2N3/c1-5-14-15(8-20(4)19-14)18-10(3)11-7-12(16)9(2)6-13(11)17/h6-8,10,18H,5H2,1-4H3. The van der Waals surface area contributed by atoms with Crippen molar-refractivity contribution < 1.29 is 8.78 Å². The van der Waals surface area contributed by atoms with E-state index >= 15 is 0 Å². The molecule has 1 aromatic carbocycles. The molecule has 2 rings (SSSR count). The summed E-state index contributed by atoms with van der Waals surface area (Å²) in [6, 6.07) is 2.15. The number of halogens is 2. The molecule has 0 radical (unpaired) electrons. The highest BCUT2D eigenvalue weighted by molar-refractivity contribution is 5.48. The monoisotopic (exact) mass is 279 g/mol. The summed E-state index contributed by atoms with van der Waals surface area (Å²) in [4.78, 5) is 0. The summed E-state index contributed by atoms with van der Waals surface area (Å²) in [5, 5.41) is 7.51. The van der Waals surface area contributed by atoms with E-state index in [1.54, 1.807) is 18.5 Å². The van der Waals surface area contributed by atoms with Gasteiger partial charge < -0.3 is 5.32 Å². The third kappa shape index (κ3) is 2.81. The molecule has 1 atom stereocenters. The summed E-state index contributed by atoms with van der Waals surface area (Å²) in [6.45, 7) is 5.36. The van der Waals surface area contributed by atoms with Crippen LogP contribution in [0.4, 0.5) is 14.5 Å². The molecule has 0 aliphatic carbocycles. The maximum absolute atomic E-state index is 13.9. The third-order valence-corrected chi connectivity index (χ3v) is 3.36. The van der Waals surface area contributed by atoms with Gasteiger partial charge in [0.1, 0.15) is 11.6 Å². The van der Waals surface area contributed by atoms with Crippen molar-refractivity contribution in [1.82, 2.24) is 9.78 Å². The molecule has 0 amide bonds. The maximum Gasteiger partial charge on any atom is 0.128 e. The number of benzene rings is 1. The Balaban J connectivity index is 2.28. The molecule has 20 heavy (non-hydrogen) atoms. The van der Waals surface area contributed by atoms with Gasteiger partial charge in [0.2, 0.25) is 0 Å². The van der Waals surface area contributed by atoms with Crippen LogP contribution in [0.2, 0.25) is 0 Å². The van der Waals surface area contributed by atoms with E-state index in [1.807, 2.05) is 20.2 Å². The average Bonchev–Trinajstić information content (AvgIpc) is 2.73. The van der Waals surface area contributed by atoms with Crippen molar-refractivity contribution in [3.8, 4) is 0 Å². The second-order valence-corrected chi connectivity index (χ2v) is 5.01. The molecule has 0 spiro atoms. The first kappa shape index (κ1) is 14.5. The molecular formula is C15H19F2N3. The van der Waals surface area contributed by atoms with Gasteiger partial charge in [-0.05, 0) is 38.0 Å². The van der Waals surface area contributed by atoms with Crippen LogP contribution in [-0.2, 0) is 13.5 Å². The van der Waals surface area contributed by atoms with Gasteiger partial charge in [-0.15, -0.1) is 0 Å². The van der Waals surface area contributed by atoms with E-state index in [1.165, 1.54) is 12.1 Å². The lowest BCUT2D eigenvalue weighted by atomic mass is 10.0. The SMILES string of the molecule is CCc1nn(C)cc1NC(C)c1cc(F)c(C)cc1F. The number of nitrogens with one attached hydrogen (secondary N) is 1. The van der Waals surface area contributed by atoms with E-state index in [9.17, 15) is 8.78 Å². The number of aryl methyl sites for hydroxylation is 3. The number of nitrogens with zero attached hydrogens (tertiary/aromatic N) is 2. The van der Waals surface area contributed by atoms with Gasteiger partial charge in [-0.1, -0.05) is 6.92 Å². The second kappa shape index (κ2) is 5.61. The highest BCUT2D eigenvalue weighted by atomic mass is 19.1. The second-order valence-electron chi connectivity index (χ2n) is 5.01. The summed E-state index contributed by atoms with van der Waals surface area (Å²) < 4.78 is 29.2. The van der Waals surface area contributed by atoms with Gasteiger partial charge >= 0.3 is 0 Å². The zero-order chi connectivity index (χ0) is 14.9. The molecular weight excluding hydrogens is 260 g/mol. The number of hydrogen-bond acceptors (Lipinski definition) is 2. The summed E-state index contributed by atoms with van der Waals surface area (Å²) in [5.41, 5.74) is 2.39. The molecule has 0 aliphatic rings. The summed E-state index contributed by atoms with van der Waals surface area (Å²) in [5.74, 6) is -0.789. The number of anilines is 1. The van der Waals surface area contributed by atoms with Crippen molar-refractivity contribution in [3.05, 3.63) is 46.8 Å². The van der Waals surface area contributed by atoms with Gasteiger partial charge in [-0.2, -0.15) is 5.10 Å².